The monoisotopic (exact) mass is 313 g/mol. The summed E-state index contributed by atoms with van der Waals surface area (Å²) in [5.74, 6) is -0.231. The number of nitrogens with zero attached hydrogens (tertiary/aromatic N) is 3. The van der Waals surface area contributed by atoms with E-state index in [1.165, 1.54) is 11.1 Å². The number of rotatable bonds is 5. The molecule has 2 N–H and O–H groups in total. The van der Waals surface area contributed by atoms with Gasteiger partial charge < -0.3 is 5.32 Å². The van der Waals surface area contributed by atoms with E-state index in [1.807, 2.05) is 18.2 Å². The third-order valence-electron chi connectivity index (χ3n) is 3.16. The molecule has 0 fully saturated rings. The first-order chi connectivity index (χ1) is 10.7. The van der Waals surface area contributed by atoms with E-state index in [-0.39, 0.29) is 5.91 Å². The number of H-pyrrole nitrogens is 1. The van der Waals surface area contributed by atoms with E-state index in [0.717, 1.165) is 16.3 Å². The van der Waals surface area contributed by atoms with Crippen LogP contribution in [0.2, 0.25) is 0 Å². The van der Waals surface area contributed by atoms with Gasteiger partial charge in [-0.05, 0) is 6.92 Å². The van der Waals surface area contributed by atoms with E-state index in [4.69, 9.17) is 0 Å². The zero-order chi connectivity index (χ0) is 15.4. The van der Waals surface area contributed by atoms with E-state index in [9.17, 15) is 4.79 Å². The van der Waals surface area contributed by atoms with Crippen LogP contribution in [0.5, 0.6) is 0 Å². The molecule has 0 spiro atoms. The fourth-order valence-electron chi connectivity index (χ4n) is 2.11. The predicted octanol–water partition coefficient (Wildman–Crippen LogP) is 2.21. The number of hydrogen-bond acceptors (Lipinski definition) is 5. The van der Waals surface area contributed by atoms with Gasteiger partial charge in [0.25, 0.3) is 5.91 Å². The van der Waals surface area contributed by atoms with E-state index in [2.05, 4.69) is 44.8 Å². The lowest BCUT2D eigenvalue weighted by molar-refractivity contribution is 0.0949. The molecule has 1 amide bonds. The highest BCUT2D eigenvalue weighted by molar-refractivity contribution is 7.12. The van der Waals surface area contributed by atoms with Crippen LogP contribution in [0, 0.1) is 6.92 Å². The Morgan fingerprint density at radius 3 is 2.86 bits per heavy atom. The number of thiazole rings is 1. The number of amides is 1. The van der Waals surface area contributed by atoms with Crippen LogP contribution in [-0.4, -0.2) is 32.8 Å². The van der Waals surface area contributed by atoms with Gasteiger partial charge in [0.15, 0.2) is 5.69 Å². The van der Waals surface area contributed by atoms with E-state index in [1.54, 1.807) is 11.3 Å². The Morgan fingerprint density at radius 2 is 2.14 bits per heavy atom. The average molecular weight is 313 g/mol. The van der Waals surface area contributed by atoms with Gasteiger partial charge in [0.2, 0.25) is 0 Å². The quantitative estimate of drug-likeness (QED) is 0.756. The Hall–Kier alpha value is -2.54. The van der Waals surface area contributed by atoms with Crippen molar-refractivity contribution in [2.45, 2.75) is 13.3 Å². The molecular weight excluding hydrogens is 298 g/mol. The van der Waals surface area contributed by atoms with Crippen molar-refractivity contribution in [3.8, 4) is 11.3 Å². The van der Waals surface area contributed by atoms with Crippen LogP contribution in [0.15, 0.2) is 36.5 Å². The van der Waals surface area contributed by atoms with Crippen LogP contribution in [0.3, 0.4) is 0 Å². The first-order valence-corrected chi connectivity index (χ1v) is 7.71. The number of aryl methyl sites for hydroxylation is 1. The van der Waals surface area contributed by atoms with Crippen molar-refractivity contribution in [1.29, 1.82) is 0 Å². The summed E-state index contributed by atoms with van der Waals surface area (Å²) < 4.78 is 0. The van der Waals surface area contributed by atoms with Crippen LogP contribution in [0.4, 0.5) is 0 Å². The highest BCUT2D eigenvalue weighted by atomic mass is 32.1. The zero-order valence-electron chi connectivity index (χ0n) is 12.0. The minimum Gasteiger partial charge on any atom is -0.350 e. The molecule has 0 aliphatic carbocycles. The molecule has 0 aliphatic rings. The van der Waals surface area contributed by atoms with Gasteiger partial charge in [-0.3, -0.25) is 4.79 Å². The maximum Gasteiger partial charge on any atom is 0.273 e. The number of aromatic amines is 1. The second-order valence-electron chi connectivity index (χ2n) is 4.74. The van der Waals surface area contributed by atoms with Gasteiger partial charge in [-0.15, -0.1) is 11.3 Å². The summed E-state index contributed by atoms with van der Waals surface area (Å²) in [6, 6.07) is 10.1. The van der Waals surface area contributed by atoms with Crippen molar-refractivity contribution in [3.63, 3.8) is 0 Å². The minimum atomic E-state index is -0.231. The molecule has 0 atom stereocenters. The molecule has 0 unspecified atom stereocenters. The fourth-order valence-corrected chi connectivity index (χ4v) is 3.06. The van der Waals surface area contributed by atoms with Crippen molar-refractivity contribution >= 4 is 17.2 Å². The highest BCUT2D eigenvalue weighted by Gasteiger charge is 2.11. The third kappa shape index (κ3) is 3.20. The number of aromatic nitrogens is 4. The molecular formula is C15H15N5OS. The number of benzene rings is 1. The van der Waals surface area contributed by atoms with Crippen LogP contribution in [-0.2, 0) is 6.42 Å². The Bertz CT molecular complexity index is 752. The molecule has 6 nitrogen and oxygen atoms in total. The topological polar surface area (TPSA) is 83.6 Å². The first-order valence-electron chi connectivity index (χ1n) is 6.90. The molecule has 1 aromatic carbocycles. The Morgan fingerprint density at radius 1 is 1.32 bits per heavy atom. The largest absolute Gasteiger partial charge is 0.350 e. The maximum atomic E-state index is 11.7. The molecule has 3 aromatic rings. The normalized spacial score (nSPS) is 10.6. The highest BCUT2D eigenvalue weighted by Crippen LogP contribution is 2.27. The van der Waals surface area contributed by atoms with Crippen molar-refractivity contribution < 1.29 is 4.79 Å². The van der Waals surface area contributed by atoms with Gasteiger partial charge in [0, 0.05) is 23.4 Å². The summed E-state index contributed by atoms with van der Waals surface area (Å²) in [5.41, 5.74) is 2.43. The molecule has 0 bridgehead atoms. The lowest BCUT2D eigenvalue weighted by Gasteiger charge is -2.00. The van der Waals surface area contributed by atoms with Crippen molar-refractivity contribution in [2.24, 2.45) is 0 Å². The Labute approximate surface area is 131 Å². The Balaban J connectivity index is 1.61. The standard InChI is InChI=1S/C15H15N5OS/c1-10-14(11-5-3-2-4-6-11)18-13(22-10)7-8-16-15(21)12-9-17-20-19-12/h2-6,9H,7-8H2,1H3,(H,16,21)(H,17,19,20). The summed E-state index contributed by atoms with van der Waals surface area (Å²) in [5, 5.41) is 13.6. The molecule has 0 saturated carbocycles. The molecule has 0 saturated heterocycles. The van der Waals surface area contributed by atoms with Gasteiger partial charge in [-0.1, -0.05) is 30.3 Å². The van der Waals surface area contributed by atoms with Gasteiger partial charge in [-0.2, -0.15) is 15.4 Å². The average Bonchev–Trinajstić information content (AvgIpc) is 3.18. The number of carbonyl (C=O) groups excluding carboxylic acids is 1. The molecule has 3 rings (SSSR count). The molecule has 2 aromatic heterocycles. The third-order valence-corrected chi connectivity index (χ3v) is 4.19. The summed E-state index contributed by atoms with van der Waals surface area (Å²) in [6.45, 7) is 2.59. The van der Waals surface area contributed by atoms with Gasteiger partial charge in [-0.25, -0.2) is 4.98 Å². The zero-order valence-corrected chi connectivity index (χ0v) is 12.9. The summed E-state index contributed by atoms with van der Waals surface area (Å²) in [6.07, 6.45) is 2.10. The molecule has 112 valence electrons. The van der Waals surface area contributed by atoms with Crippen LogP contribution >= 0.6 is 11.3 Å². The number of carbonyl (C=O) groups is 1. The summed E-state index contributed by atoms with van der Waals surface area (Å²) in [7, 11) is 0. The van der Waals surface area contributed by atoms with Crippen molar-refractivity contribution in [1.82, 2.24) is 25.7 Å². The molecule has 0 aliphatic heterocycles. The maximum absolute atomic E-state index is 11.7. The lowest BCUT2D eigenvalue weighted by atomic mass is 10.1. The van der Waals surface area contributed by atoms with Gasteiger partial charge >= 0.3 is 0 Å². The second-order valence-corrected chi connectivity index (χ2v) is 6.03. The Kier molecular flexibility index (Phi) is 4.24. The predicted molar refractivity (Wildman–Crippen MR) is 84.7 cm³/mol. The SMILES string of the molecule is Cc1sc(CCNC(=O)c2cn[nH]n2)nc1-c1ccccc1. The molecule has 7 heteroatoms. The second kappa shape index (κ2) is 6.48. The van der Waals surface area contributed by atoms with E-state index >= 15 is 0 Å². The lowest BCUT2D eigenvalue weighted by Crippen LogP contribution is -2.26. The summed E-state index contributed by atoms with van der Waals surface area (Å²) >= 11 is 1.66. The van der Waals surface area contributed by atoms with Crippen molar-refractivity contribution in [2.75, 3.05) is 6.54 Å². The summed E-state index contributed by atoms with van der Waals surface area (Å²) in [4.78, 5) is 17.6. The first kappa shape index (κ1) is 14.4. The molecule has 2 heterocycles. The van der Waals surface area contributed by atoms with Crippen LogP contribution in [0.1, 0.15) is 20.4 Å². The minimum absolute atomic E-state index is 0.231. The van der Waals surface area contributed by atoms with Crippen LogP contribution < -0.4 is 5.32 Å². The number of nitrogens with one attached hydrogen (secondary N) is 2. The van der Waals surface area contributed by atoms with Gasteiger partial charge in [0.1, 0.15) is 0 Å². The van der Waals surface area contributed by atoms with Crippen molar-refractivity contribution in [3.05, 3.63) is 52.1 Å². The van der Waals surface area contributed by atoms with E-state index in [0.29, 0.717) is 18.7 Å². The number of hydrogen-bond donors (Lipinski definition) is 2. The smallest absolute Gasteiger partial charge is 0.273 e. The van der Waals surface area contributed by atoms with Gasteiger partial charge in [0.05, 0.1) is 16.9 Å². The van der Waals surface area contributed by atoms with Crippen LogP contribution in [0.25, 0.3) is 11.3 Å². The fraction of sp³-hybridized carbons (Fsp3) is 0.200. The van der Waals surface area contributed by atoms with E-state index < -0.39 is 0 Å². The molecule has 0 radical (unpaired) electrons. The molecule has 22 heavy (non-hydrogen) atoms.